The van der Waals surface area contributed by atoms with Gasteiger partial charge in [-0.25, -0.2) is 9.59 Å². The van der Waals surface area contributed by atoms with E-state index in [1.165, 1.54) is 14.2 Å². The normalized spacial score (nSPS) is 10.3. The lowest BCUT2D eigenvalue weighted by Crippen LogP contribution is -2.13. The molecule has 1 aromatic carbocycles. The molecule has 0 fully saturated rings. The van der Waals surface area contributed by atoms with Gasteiger partial charge < -0.3 is 24.7 Å². The quantitative estimate of drug-likeness (QED) is 0.373. The summed E-state index contributed by atoms with van der Waals surface area (Å²) in [6.07, 6.45) is 0.568. The van der Waals surface area contributed by atoms with Crippen molar-refractivity contribution in [3.63, 3.8) is 0 Å². The highest BCUT2D eigenvalue weighted by molar-refractivity contribution is 7.18. The van der Waals surface area contributed by atoms with E-state index in [2.05, 4.69) is 0 Å². The molecule has 9 heteroatoms. The van der Waals surface area contributed by atoms with E-state index in [1.54, 1.807) is 0 Å². The molecular formula is C20H23NO7S. The molecule has 2 aromatic rings. The van der Waals surface area contributed by atoms with Gasteiger partial charge in [-0.2, -0.15) is 0 Å². The van der Waals surface area contributed by atoms with Crippen molar-refractivity contribution in [1.82, 2.24) is 0 Å². The van der Waals surface area contributed by atoms with E-state index in [4.69, 9.17) is 24.7 Å². The second-order valence-corrected chi connectivity index (χ2v) is 7.11. The van der Waals surface area contributed by atoms with Crippen LogP contribution in [0.5, 0.6) is 5.75 Å². The van der Waals surface area contributed by atoms with Crippen LogP contribution < -0.4 is 10.5 Å². The topological polar surface area (TPSA) is 114 Å². The molecular weight excluding hydrogens is 398 g/mol. The van der Waals surface area contributed by atoms with Gasteiger partial charge in [0, 0.05) is 12.0 Å². The number of carbonyl (C=O) groups is 3. The number of hydrogen-bond acceptors (Lipinski definition) is 9. The third kappa shape index (κ3) is 5.95. The number of ether oxygens (including phenoxy) is 4. The zero-order chi connectivity index (χ0) is 21.4. The van der Waals surface area contributed by atoms with Gasteiger partial charge in [0.1, 0.15) is 27.8 Å². The highest BCUT2D eigenvalue weighted by Gasteiger charge is 2.28. The summed E-state index contributed by atoms with van der Waals surface area (Å²) in [5.74, 6) is -1.15. The smallest absolute Gasteiger partial charge is 0.348 e. The zero-order valence-corrected chi connectivity index (χ0v) is 17.3. The highest BCUT2D eigenvalue weighted by atomic mass is 32.1. The summed E-state index contributed by atoms with van der Waals surface area (Å²) in [5.41, 5.74) is 7.10. The highest BCUT2D eigenvalue weighted by Crippen LogP contribution is 2.33. The van der Waals surface area contributed by atoms with Gasteiger partial charge in [-0.3, -0.25) is 4.79 Å². The van der Waals surface area contributed by atoms with E-state index in [0.29, 0.717) is 13.0 Å². The van der Waals surface area contributed by atoms with Crippen LogP contribution in [0.15, 0.2) is 24.3 Å². The van der Waals surface area contributed by atoms with Crippen LogP contribution in [-0.4, -0.2) is 38.7 Å². The SMILES string of the molecule is COC(=O)c1sc(N)c(C(=O)OC)c1COC(=O)CCCOc1cccc(C)c1. The van der Waals surface area contributed by atoms with Crippen LogP contribution in [0, 0.1) is 6.92 Å². The number of nitrogens with two attached hydrogens (primary N) is 1. The van der Waals surface area contributed by atoms with E-state index in [-0.39, 0.29) is 34.0 Å². The number of rotatable bonds is 9. The summed E-state index contributed by atoms with van der Waals surface area (Å²) in [7, 11) is 2.40. The molecule has 0 saturated heterocycles. The maximum Gasteiger partial charge on any atom is 0.348 e. The van der Waals surface area contributed by atoms with E-state index >= 15 is 0 Å². The van der Waals surface area contributed by atoms with Crippen molar-refractivity contribution in [2.24, 2.45) is 0 Å². The molecule has 0 aliphatic heterocycles. The number of esters is 3. The molecule has 29 heavy (non-hydrogen) atoms. The number of methoxy groups -OCH3 is 2. The molecule has 8 nitrogen and oxygen atoms in total. The molecule has 0 radical (unpaired) electrons. The number of anilines is 1. The van der Waals surface area contributed by atoms with Gasteiger partial charge in [0.2, 0.25) is 0 Å². The van der Waals surface area contributed by atoms with E-state index in [1.807, 2.05) is 31.2 Å². The van der Waals surface area contributed by atoms with Crippen molar-refractivity contribution in [2.45, 2.75) is 26.4 Å². The molecule has 1 heterocycles. The second kappa shape index (κ2) is 10.5. The first-order valence-electron chi connectivity index (χ1n) is 8.80. The number of thiophene rings is 1. The minimum Gasteiger partial charge on any atom is -0.494 e. The minimum absolute atomic E-state index is 0.00785. The van der Waals surface area contributed by atoms with Crippen molar-refractivity contribution < 1.29 is 33.3 Å². The Morgan fingerprint density at radius 2 is 1.83 bits per heavy atom. The average Bonchev–Trinajstić information content (AvgIpc) is 3.04. The molecule has 1 aromatic heterocycles. The van der Waals surface area contributed by atoms with Crippen LogP contribution in [0.4, 0.5) is 5.00 Å². The Kier molecular flexibility index (Phi) is 8.02. The molecule has 0 aliphatic carbocycles. The summed E-state index contributed by atoms with van der Waals surface area (Å²) in [4.78, 5) is 36.1. The van der Waals surface area contributed by atoms with E-state index in [9.17, 15) is 14.4 Å². The van der Waals surface area contributed by atoms with Crippen molar-refractivity contribution in [3.8, 4) is 5.75 Å². The number of benzene rings is 1. The molecule has 0 bridgehead atoms. The van der Waals surface area contributed by atoms with Gasteiger partial charge in [0.15, 0.2) is 0 Å². The zero-order valence-electron chi connectivity index (χ0n) is 16.5. The Balaban J connectivity index is 1.93. The Bertz CT molecular complexity index is 891. The van der Waals surface area contributed by atoms with Crippen LogP contribution in [0.1, 0.15) is 44.0 Å². The molecule has 0 spiro atoms. The minimum atomic E-state index is -0.716. The Morgan fingerprint density at radius 3 is 2.48 bits per heavy atom. The first kappa shape index (κ1) is 22.2. The molecule has 0 saturated carbocycles. The number of carbonyl (C=O) groups excluding carboxylic acids is 3. The van der Waals surface area contributed by atoms with Crippen molar-refractivity contribution in [3.05, 3.63) is 45.8 Å². The monoisotopic (exact) mass is 421 g/mol. The largest absolute Gasteiger partial charge is 0.494 e. The van der Waals surface area contributed by atoms with Crippen LogP contribution in [-0.2, 0) is 25.6 Å². The number of aryl methyl sites for hydroxylation is 1. The summed E-state index contributed by atoms with van der Waals surface area (Å²) < 4.78 is 20.2. The fraction of sp³-hybridized carbons (Fsp3) is 0.350. The summed E-state index contributed by atoms with van der Waals surface area (Å²) >= 11 is 0.880. The van der Waals surface area contributed by atoms with E-state index < -0.39 is 17.9 Å². The lowest BCUT2D eigenvalue weighted by atomic mass is 10.1. The molecule has 0 amide bonds. The van der Waals surface area contributed by atoms with Gasteiger partial charge in [0.05, 0.1) is 20.8 Å². The molecule has 156 valence electrons. The number of hydrogen-bond donors (Lipinski definition) is 1. The van der Waals surface area contributed by atoms with Crippen LogP contribution in [0.3, 0.4) is 0 Å². The lowest BCUT2D eigenvalue weighted by Gasteiger charge is -2.09. The predicted molar refractivity (Wildman–Crippen MR) is 107 cm³/mol. The van der Waals surface area contributed by atoms with E-state index in [0.717, 1.165) is 22.6 Å². The third-order valence-corrected chi connectivity index (χ3v) is 5.00. The Morgan fingerprint density at radius 1 is 1.10 bits per heavy atom. The Labute approximate surface area is 172 Å². The fourth-order valence-corrected chi connectivity index (χ4v) is 3.52. The van der Waals surface area contributed by atoms with Gasteiger partial charge in [-0.05, 0) is 31.0 Å². The number of nitrogen functional groups attached to an aromatic ring is 1. The molecule has 0 atom stereocenters. The summed E-state index contributed by atoms with van der Waals surface area (Å²) in [6.45, 7) is 2.03. The van der Waals surface area contributed by atoms with Crippen LogP contribution >= 0.6 is 11.3 Å². The van der Waals surface area contributed by atoms with Gasteiger partial charge in [-0.15, -0.1) is 11.3 Å². The second-order valence-electron chi connectivity index (χ2n) is 6.06. The van der Waals surface area contributed by atoms with Crippen molar-refractivity contribution >= 4 is 34.2 Å². The molecule has 0 unspecified atom stereocenters. The maximum atomic E-state index is 12.1. The average molecular weight is 421 g/mol. The first-order valence-corrected chi connectivity index (χ1v) is 9.61. The van der Waals surface area contributed by atoms with Gasteiger partial charge in [-0.1, -0.05) is 12.1 Å². The molecule has 2 N–H and O–H groups in total. The molecule has 2 rings (SSSR count). The Hall–Kier alpha value is -3.07. The fourth-order valence-electron chi connectivity index (χ4n) is 2.54. The van der Waals surface area contributed by atoms with Crippen molar-refractivity contribution in [1.29, 1.82) is 0 Å². The van der Waals surface area contributed by atoms with Crippen molar-refractivity contribution in [2.75, 3.05) is 26.6 Å². The summed E-state index contributed by atoms with van der Waals surface area (Å²) in [6, 6.07) is 7.60. The predicted octanol–water partition coefficient (Wildman–Crippen LogP) is 3.11. The maximum absolute atomic E-state index is 12.1. The lowest BCUT2D eigenvalue weighted by molar-refractivity contribution is -0.145. The standard InChI is InChI=1S/C20H23NO7S/c1-12-6-4-7-13(10-12)27-9-5-8-15(22)28-11-14-16(19(23)25-2)18(21)29-17(14)20(24)26-3/h4,6-7,10H,5,8-9,11,21H2,1-3H3. The van der Waals surface area contributed by atoms with Gasteiger partial charge in [0.25, 0.3) is 0 Å². The van der Waals surface area contributed by atoms with Gasteiger partial charge >= 0.3 is 17.9 Å². The third-order valence-electron chi connectivity index (χ3n) is 3.96. The first-order chi connectivity index (χ1) is 13.9. The van der Waals surface area contributed by atoms with Crippen LogP contribution in [0.25, 0.3) is 0 Å². The summed E-state index contributed by atoms with van der Waals surface area (Å²) in [5, 5.41) is 0.0925. The van der Waals surface area contributed by atoms with Crippen LogP contribution in [0.2, 0.25) is 0 Å². The molecule has 0 aliphatic rings.